The maximum atomic E-state index is 13.6. The van der Waals surface area contributed by atoms with Crippen LogP contribution in [0.2, 0.25) is 0 Å². The van der Waals surface area contributed by atoms with Crippen LogP contribution in [0, 0.1) is 41.5 Å². The molecule has 5 heteroatoms. The molecule has 2 aromatic rings. The number of hydrogen-bond donors (Lipinski definition) is 0. The minimum Gasteiger partial charge on any atom is -0.469 e. The average molecular weight is 412 g/mol. The molecule has 0 aliphatic carbocycles. The van der Waals surface area contributed by atoms with E-state index in [1.54, 1.807) is 0 Å². The molecule has 154 valence electrons. The van der Waals surface area contributed by atoms with E-state index in [2.05, 4.69) is 0 Å². The Bertz CT molecular complexity index is 859. The van der Waals surface area contributed by atoms with Gasteiger partial charge in [-0.25, -0.2) is 0 Å². The van der Waals surface area contributed by atoms with Gasteiger partial charge in [-0.2, -0.15) is 0 Å². The van der Waals surface area contributed by atoms with Crippen molar-refractivity contribution in [2.75, 3.05) is 13.3 Å². The molecular weight excluding hydrogens is 383 g/mol. The molecular formula is C24H29O4P. The smallest absolute Gasteiger partial charge is 0.305 e. The maximum Gasteiger partial charge on any atom is 0.305 e. The molecule has 0 aromatic heterocycles. The zero-order valence-electron chi connectivity index (χ0n) is 18.3. The maximum absolute atomic E-state index is 13.6. The molecule has 0 radical (unpaired) electrons. The largest absolute Gasteiger partial charge is 0.469 e. The van der Waals surface area contributed by atoms with Crippen molar-refractivity contribution < 1.29 is 19.1 Å². The van der Waals surface area contributed by atoms with Gasteiger partial charge in [0.25, 0.3) is 0 Å². The molecule has 2 rings (SSSR count). The van der Waals surface area contributed by atoms with E-state index in [0.717, 1.165) is 33.4 Å². The van der Waals surface area contributed by atoms with Gasteiger partial charge in [0, 0.05) is 19.0 Å². The van der Waals surface area contributed by atoms with Gasteiger partial charge >= 0.3 is 5.97 Å². The van der Waals surface area contributed by atoms with Gasteiger partial charge in [0.15, 0.2) is 11.0 Å². The van der Waals surface area contributed by atoms with E-state index in [9.17, 15) is 14.4 Å². The Morgan fingerprint density at radius 1 is 0.724 bits per heavy atom. The van der Waals surface area contributed by atoms with Gasteiger partial charge in [-0.05, 0) is 70.0 Å². The molecule has 29 heavy (non-hydrogen) atoms. The number of aryl methyl sites for hydroxylation is 6. The van der Waals surface area contributed by atoms with Crippen molar-refractivity contribution >= 4 is 24.9 Å². The normalized spacial score (nSPS) is 10.9. The summed E-state index contributed by atoms with van der Waals surface area (Å²) >= 11 is 0. The first-order valence-electron chi connectivity index (χ1n) is 9.65. The van der Waals surface area contributed by atoms with Crippen molar-refractivity contribution in [3.05, 3.63) is 68.8 Å². The minimum atomic E-state index is -1.74. The molecule has 0 aliphatic heterocycles. The number of benzene rings is 2. The summed E-state index contributed by atoms with van der Waals surface area (Å²) in [6.45, 7) is 11.6. The Hall–Kier alpha value is -2.32. The summed E-state index contributed by atoms with van der Waals surface area (Å²) in [4.78, 5) is 38.9. The first-order chi connectivity index (χ1) is 13.6. The van der Waals surface area contributed by atoms with Crippen LogP contribution in [0.5, 0.6) is 0 Å². The third kappa shape index (κ3) is 5.19. The van der Waals surface area contributed by atoms with Crippen molar-refractivity contribution in [2.24, 2.45) is 0 Å². The summed E-state index contributed by atoms with van der Waals surface area (Å²) < 4.78 is 4.75. The molecule has 0 bridgehead atoms. The summed E-state index contributed by atoms with van der Waals surface area (Å²) in [7, 11) is -0.420. The Morgan fingerprint density at radius 3 is 1.38 bits per heavy atom. The lowest BCUT2D eigenvalue weighted by atomic mass is 10.0. The Morgan fingerprint density at radius 2 is 1.07 bits per heavy atom. The fraction of sp³-hybridized carbons (Fsp3) is 0.375. The zero-order valence-corrected chi connectivity index (χ0v) is 19.2. The van der Waals surface area contributed by atoms with Crippen LogP contribution in [0.25, 0.3) is 0 Å². The van der Waals surface area contributed by atoms with Crippen LogP contribution >= 0.6 is 7.92 Å². The van der Waals surface area contributed by atoms with Crippen LogP contribution in [-0.2, 0) is 9.53 Å². The third-order valence-corrected chi connectivity index (χ3v) is 7.14. The molecule has 0 heterocycles. The highest BCUT2D eigenvalue weighted by atomic mass is 31.1. The molecule has 2 aromatic carbocycles. The van der Waals surface area contributed by atoms with Crippen LogP contribution in [0.15, 0.2) is 24.3 Å². The molecule has 0 atom stereocenters. The number of carbonyl (C=O) groups excluding carboxylic acids is 3. The summed E-state index contributed by atoms with van der Waals surface area (Å²) in [5, 5.41) is 0. The number of ether oxygens (including phenoxy) is 1. The fourth-order valence-electron chi connectivity index (χ4n) is 3.91. The van der Waals surface area contributed by atoms with E-state index < -0.39 is 13.9 Å². The summed E-state index contributed by atoms with van der Waals surface area (Å²) in [6.07, 6.45) is 0.243. The molecule has 4 nitrogen and oxygen atoms in total. The summed E-state index contributed by atoms with van der Waals surface area (Å²) in [5.41, 5.74) is 6.48. The summed E-state index contributed by atoms with van der Waals surface area (Å²) in [5.74, 6) is -0.409. The zero-order chi connectivity index (χ0) is 21.9. The van der Waals surface area contributed by atoms with Gasteiger partial charge in [0.2, 0.25) is 0 Å². The van der Waals surface area contributed by atoms with Crippen molar-refractivity contribution in [3.63, 3.8) is 0 Å². The van der Waals surface area contributed by atoms with Crippen molar-refractivity contribution in [1.29, 1.82) is 0 Å². The second-order valence-corrected chi connectivity index (χ2v) is 9.75. The molecule has 0 saturated carbocycles. The monoisotopic (exact) mass is 412 g/mol. The highest BCUT2D eigenvalue weighted by Crippen LogP contribution is 2.46. The van der Waals surface area contributed by atoms with E-state index in [1.807, 2.05) is 65.8 Å². The average Bonchev–Trinajstić information content (AvgIpc) is 2.59. The number of rotatable bonds is 7. The lowest BCUT2D eigenvalue weighted by molar-refractivity contribution is -0.140. The van der Waals surface area contributed by atoms with Crippen LogP contribution in [0.4, 0.5) is 0 Å². The quantitative estimate of drug-likeness (QED) is 0.441. The highest BCUT2D eigenvalue weighted by molar-refractivity contribution is 7.90. The molecule has 0 saturated heterocycles. The fourth-order valence-corrected chi connectivity index (χ4v) is 6.15. The second kappa shape index (κ2) is 9.45. The number of esters is 1. The molecule has 0 unspecified atom stereocenters. The third-order valence-electron chi connectivity index (χ3n) is 5.04. The second-order valence-electron chi connectivity index (χ2n) is 7.64. The van der Waals surface area contributed by atoms with Crippen LogP contribution in [0.1, 0.15) is 60.5 Å². The minimum absolute atomic E-state index is 0.0492. The topological polar surface area (TPSA) is 60.4 Å². The van der Waals surface area contributed by atoms with Gasteiger partial charge in [-0.15, -0.1) is 0 Å². The lowest BCUT2D eigenvalue weighted by Gasteiger charge is -2.20. The van der Waals surface area contributed by atoms with Gasteiger partial charge < -0.3 is 4.74 Å². The van der Waals surface area contributed by atoms with E-state index in [0.29, 0.717) is 11.1 Å². The molecule has 0 aliphatic rings. The predicted molar refractivity (Wildman–Crippen MR) is 118 cm³/mol. The van der Waals surface area contributed by atoms with Gasteiger partial charge in [-0.1, -0.05) is 35.4 Å². The Kier molecular flexibility index (Phi) is 7.48. The first-order valence-corrected chi connectivity index (χ1v) is 11.2. The highest BCUT2D eigenvalue weighted by Gasteiger charge is 2.32. The van der Waals surface area contributed by atoms with Gasteiger partial charge in [-0.3, -0.25) is 14.4 Å². The van der Waals surface area contributed by atoms with E-state index in [-0.39, 0.29) is 23.6 Å². The van der Waals surface area contributed by atoms with E-state index in [4.69, 9.17) is 4.74 Å². The van der Waals surface area contributed by atoms with Crippen molar-refractivity contribution in [1.82, 2.24) is 0 Å². The van der Waals surface area contributed by atoms with Crippen LogP contribution in [-0.4, -0.2) is 30.3 Å². The van der Waals surface area contributed by atoms with Crippen LogP contribution < -0.4 is 0 Å². The van der Waals surface area contributed by atoms with Crippen LogP contribution in [0.3, 0.4) is 0 Å². The number of hydrogen-bond acceptors (Lipinski definition) is 4. The van der Waals surface area contributed by atoms with Gasteiger partial charge in [0.05, 0.1) is 13.5 Å². The summed E-state index contributed by atoms with van der Waals surface area (Å²) in [6, 6.07) is 7.84. The Labute approximate surface area is 174 Å². The van der Waals surface area contributed by atoms with Crippen molar-refractivity contribution in [3.8, 4) is 0 Å². The molecule has 0 spiro atoms. The number of methoxy groups -OCH3 is 1. The van der Waals surface area contributed by atoms with Crippen molar-refractivity contribution in [2.45, 2.75) is 48.0 Å². The molecule has 0 N–H and O–H groups in total. The molecule has 0 fully saturated rings. The molecule has 0 amide bonds. The standard InChI is InChI=1S/C24H29O4P/c1-14-10-16(3)21(17(4)11-14)23(26)29(9-8-20(25)28-7)24(27)22-18(5)12-15(2)13-19(22)6/h10-13H,8-9H2,1-7H3. The van der Waals surface area contributed by atoms with E-state index in [1.165, 1.54) is 7.11 Å². The SMILES string of the molecule is COC(=O)CCP(C(=O)c1c(C)cc(C)cc1C)C(=O)c1c(C)cc(C)cc1C. The Balaban J connectivity index is 2.54. The first kappa shape index (κ1) is 23.0. The van der Waals surface area contributed by atoms with Gasteiger partial charge in [0.1, 0.15) is 0 Å². The predicted octanol–water partition coefficient (Wildman–Crippen LogP) is 5.56. The van der Waals surface area contributed by atoms with E-state index >= 15 is 0 Å². The lowest BCUT2D eigenvalue weighted by Crippen LogP contribution is -2.15. The number of carbonyl (C=O) groups is 3.